The van der Waals surface area contributed by atoms with Gasteiger partial charge in [0.15, 0.2) is 12.0 Å². The Balaban J connectivity index is 3.24. The van der Waals surface area contributed by atoms with Crippen LogP contribution in [-0.4, -0.2) is 30.2 Å². The van der Waals surface area contributed by atoms with E-state index < -0.39 is 31.6 Å². The van der Waals surface area contributed by atoms with Gasteiger partial charge in [0.2, 0.25) is 13.6 Å². The van der Waals surface area contributed by atoms with E-state index in [1.807, 2.05) is 5.32 Å². The summed E-state index contributed by atoms with van der Waals surface area (Å²) in [5.74, 6) is -1.18. The van der Waals surface area contributed by atoms with Gasteiger partial charge in [0.1, 0.15) is 0 Å². The van der Waals surface area contributed by atoms with E-state index in [0.717, 1.165) is 5.56 Å². The van der Waals surface area contributed by atoms with Gasteiger partial charge in [0.25, 0.3) is 5.91 Å². The van der Waals surface area contributed by atoms with Crippen molar-refractivity contribution in [1.29, 1.82) is 0 Å². The van der Waals surface area contributed by atoms with Crippen LogP contribution in [0.25, 0.3) is 0 Å². The molecule has 0 unspecified atom stereocenters. The van der Waals surface area contributed by atoms with Crippen molar-refractivity contribution in [3.63, 3.8) is 0 Å². The molecular formula is C11H11Cl3FNO3S. The van der Waals surface area contributed by atoms with Crippen LogP contribution in [0.5, 0.6) is 0 Å². The highest BCUT2D eigenvalue weighted by molar-refractivity contribution is 7.92. The van der Waals surface area contributed by atoms with Crippen molar-refractivity contribution in [2.24, 2.45) is 0 Å². The summed E-state index contributed by atoms with van der Waals surface area (Å²) >= 11 is 16.7. The maximum Gasteiger partial charge on any atom is 0.252 e. The van der Waals surface area contributed by atoms with Crippen LogP contribution in [-0.2, 0) is 14.6 Å². The van der Waals surface area contributed by atoms with Gasteiger partial charge in [-0.05, 0) is 19.1 Å². The number of nitrogens with one attached hydrogen (secondary N) is 1. The molecule has 0 aliphatic rings. The van der Waals surface area contributed by atoms with Gasteiger partial charge in [-0.25, -0.2) is 12.8 Å². The van der Waals surface area contributed by atoms with Crippen LogP contribution in [0, 0.1) is 6.92 Å². The third-order valence-corrected chi connectivity index (χ3v) is 5.43. The largest absolute Gasteiger partial charge is 0.333 e. The molecule has 0 aliphatic carbocycles. The fraction of sp³-hybridized carbons (Fsp3) is 0.364. The zero-order chi connectivity index (χ0) is 15.6. The second-order valence-electron chi connectivity index (χ2n) is 3.98. The maximum atomic E-state index is 12.4. The lowest BCUT2D eigenvalue weighted by Gasteiger charge is -2.25. The third kappa shape index (κ3) is 4.22. The van der Waals surface area contributed by atoms with Gasteiger partial charge < -0.3 is 5.32 Å². The molecule has 0 heterocycles. The van der Waals surface area contributed by atoms with E-state index in [2.05, 4.69) is 0 Å². The topological polar surface area (TPSA) is 63.2 Å². The number of benzene rings is 1. The number of sulfone groups is 1. The quantitative estimate of drug-likeness (QED) is 0.837. The van der Waals surface area contributed by atoms with Crippen molar-refractivity contribution in [2.45, 2.75) is 21.0 Å². The molecular weight excluding hydrogens is 352 g/mol. The summed E-state index contributed by atoms with van der Waals surface area (Å²) in [5.41, 5.74) is 0.835. The van der Waals surface area contributed by atoms with E-state index in [9.17, 15) is 17.6 Å². The summed E-state index contributed by atoms with van der Waals surface area (Å²) < 4.78 is 34.6. The minimum absolute atomic E-state index is 0.140. The van der Waals surface area contributed by atoms with Crippen LogP contribution >= 0.6 is 34.8 Å². The molecule has 112 valence electrons. The van der Waals surface area contributed by atoms with E-state index >= 15 is 0 Å². The first kappa shape index (κ1) is 17.5. The van der Waals surface area contributed by atoms with E-state index in [1.165, 1.54) is 12.1 Å². The second kappa shape index (κ2) is 6.47. The van der Waals surface area contributed by atoms with Gasteiger partial charge >= 0.3 is 0 Å². The molecule has 1 amide bonds. The van der Waals surface area contributed by atoms with E-state index in [4.69, 9.17) is 34.8 Å². The molecule has 0 saturated heterocycles. The van der Waals surface area contributed by atoms with Crippen molar-refractivity contribution in [3.05, 3.63) is 29.8 Å². The summed E-state index contributed by atoms with van der Waals surface area (Å²) in [4.78, 5) is 10.9. The first-order valence-electron chi connectivity index (χ1n) is 5.31. The molecule has 20 heavy (non-hydrogen) atoms. The fourth-order valence-electron chi connectivity index (χ4n) is 1.38. The van der Waals surface area contributed by atoms with Crippen molar-refractivity contribution in [3.8, 4) is 0 Å². The Morgan fingerprint density at radius 3 is 2.20 bits per heavy atom. The van der Waals surface area contributed by atoms with E-state index in [1.54, 1.807) is 19.1 Å². The number of aryl methyl sites for hydroxylation is 1. The Bertz CT molecular complexity index is 584. The molecule has 9 heteroatoms. The molecule has 0 aliphatic heterocycles. The average Bonchev–Trinajstić information content (AvgIpc) is 2.34. The molecule has 1 N–H and O–H groups in total. The number of hydrogen-bond donors (Lipinski definition) is 1. The smallest absolute Gasteiger partial charge is 0.252 e. The molecule has 4 nitrogen and oxygen atoms in total. The maximum absolute atomic E-state index is 12.4. The van der Waals surface area contributed by atoms with Crippen LogP contribution in [0.4, 0.5) is 4.39 Å². The highest BCUT2D eigenvalue weighted by Crippen LogP contribution is 2.35. The predicted molar refractivity (Wildman–Crippen MR) is 76.6 cm³/mol. The number of amides is 1. The molecule has 0 radical (unpaired) electrons. The monoisotopic (exact) mass is 361 g/mol. The first-order valence-corrected chi connectivity index (χ1v) is 7.99. The molecule has 0 aromatic heterocycles. The molecule has 0 saturated carbocycles. The van der Waals surface area contributed by atoms with Gasteiger partial charge in [-0.1, -0.05) is 52.5 Å². The lowest BCUT2D eigenvalue weighted by atomic mass is 10.2. The summed E-state index contributed by atoms with van der Waals surface area (Å²) in [6.07, 6.45) is 0. The van der Waals surface area contributed by atoms with E-state index in [-0.39, 0.29) is 4.90 Å². The van der Waals surface area contributed by atoms with Crippen molar-refractivity contribution in [2.75, 3.05) is 6.67 Å². The fourth-order valence-corrected chi connectivity index (χ4v) is 4.03. The van der Waals surface area contributed by atoms with Gasteiger partial charge in [0, 0.05) is 0 Å². The number of hydrogen-bond acceptors (Lipinski definition) is 3. The summed E-state index contributed by atoms with van der Waals surface area (Å²) in [6, 6.07) is 5.74. The van der Waals surface area contributed by atoms with Crippen molar-refractivity contribution < 1.29 is 17.6 Å². The number of carbonyl (C=O) groups excluding carboxylic acids is 1. The number of halogens is 4. The molecule has 0 fully saturated rings. The standard InChI is InChI=1S/C11H11Cl3FNO3S/c1-7-2-4-8(5-3-7)20(18,19)10(11(12,13)14)16-9(17)6-15/h2-5,10H,6H2,1H3,(H,16,17)/t10-/m1/s1. The third-order valence-electron chi connectivity index (χ3n) is 2.37. The lowest BCUT2D eigenvalue weighted by molar-refractivity contribution is -0.122. The normalized spacial score (nSPS) is 13.8. The summed E-state index contributed by atoms with van der Waals surface area (Å²) in [5, 5.41) is -0.0211. The van der Waals surface area contributed by atoms with Gasteiger partial charge in [-0.3, -0.25) is 4.79 Å². The predicted octanol–water partition coefficient (Wildman–Crippen LogP) is 2.55. The average molecular weight is 363 g/mol. The Labute approximate surface area is 131 Å². The van der Waals surface area contributed by atoms with Crippen LogP contribution in [0.1, 0.15) is 5.56 Å². The van der Waals surface area contributed by atoms with Crippen LogP contribution in [0.3, 0.4) is 0 Å². The van der Waals surface area contributed by atoms with Crippen LogP contribution in [0.15, 0.2) is 29.2 Å². The van der Waals surface area contributed by atoms with Gasteiger partial charge in [-0.15, -0.1) is 0 Å². The van der Waals surface area contributed by atoms with E-state index in [0.29, 0.717) is 0 Å². The zero-order valence-corrected chi connectivity index (χ0v) is 13.3. The summed E-state index contributed by atoms with van der Waals surface area (Å²) in [7, 11) is -4.18. The zero-order valence-electron chi connectivity index (χ0n) is 10.2. The lowest BCUT2D eigenvalue weighted by Crippen LogP contribution is -2.49. The Hall–Kier alpha value is -0.560. The molecule has 1 rings (SSSR count). The highest BCUT2D eigenvalue weighted by atomic mass is 35.6. The van der Waals surface area contributed by atoms with Gasteiger partial charge in [-0.2, -0.15) is 0 Å². The van der Waals surface area contributed by atoms with Crippen molar-refractivity contribution >= 4 is 50.5 Å². The number of rotatable bonds is 4. The Morgan fingerprint density at radius 1 is 1.30 bits per heavy atom. The second-order valence-corrected chi connectivity index (χ2v) is 8.38. The Kier molecular flexibility index (Phi) is 5.66. The highest BCUT2D eigenvalue weighted by Gasteiger charge is 2.44. The minimum atomic E-state index is -4.18. The molecule has 0 spiro atoms. The molecule has 1 atom stereocenters. The minimum Gasteiger partial charge on any atom is -0.333 e. The number of alkyl halides is 4. The molecule has 1 aromatic rings. The Morgan fingerprint density at radius 2 is 1.80 bits per heavy atom. The van der Waals surface area contributed by atoms with Gasteiger partial charge in [0.05, 0.1) is 4.90 Å². The van der Waals surface area contributed by atoms with Crippen LogP contribution < -0.4 is 5.32 Å². The van der Waals surface area contributed by atoms with Crippen molar-refractivity contribution in [1.82, 2.24) is 5.32 Å². The molecule has 1 aromatic carbocycles. The summed E-state index contributed by atoms with van der Waals surface area (Å²) in [6.45, 7) is 0.356. The first-order chi connectivity index (χ1) is 9.09. The number of carbonyl (C=O) groups is 1. The SMILES string of the molecule is Cc1ccc(S(=O)(=O)[C@@H](NC(=O)CF)C(Cl)(Cl)Cl)cc1. The van der Waals surface area contributed by atoms with Crippen LogP contribution in [0.2, 0.25) is 0 Å². The molecule has 0 bridgehead atoms.